The van der Waals surface area contributed by atoms with E-state index in [0.29, 0.717) is 0 Å². The third-order valence-electron chi connectivity index (χ3n) is 3.50. The van der Waals surface area contributed by atoms with Crippen molar-refractivity contribution in [3.05, 3.63) is 17.6 Å². The molecule has 2 aromatic rings. The molecule has 2 rings (SSSR count). The number of nitrogens with one attached hydrogen (secondary N) is 1. The third kappa shape index (κ3) is 2.78. The summed E-state index contributed by atoms with van der Waals surface area (Å²) in [6.07, 6.45) is 6.37. The molecule has 0 bridgehead atoms. The van der Waals surface area contributed by atoms with E-state index in [0.717, 1.165) is 35.6 Å². The van der Waals surface area contributed by atoms with Crippen molar-refractivity contribution in [3.63, 3.8) is 0 Å². The molecule has 0 fully saturated rings. The van der Waals surface area contributed by atoms with Gasteiger partial charge in [-0.1, -0.05) is 13.8 Å². The number of fused-ring (bicyclic) bond motifs is 1. The third-order valence-corrected chi connectivity index (χ3v) is 5.91. The second-order valence-electron chi connectivity index (χ2n) is 4.32. The van der Waals surface area contributed by atoms with Crippen LogP contribution in [0.25, 0.3) is 10.2 Å². The fourth-order valence-electron chi connectivity index (χ4n) is 1.94. The van der Waals surface area contributed by atoms with Gasteiger partial charge in [-0.05, 0) is 30.5 Å². The summed E-state index contributed by atoms with van der Waals surface area (Å²) in [4.78, 5) is 9.94. The molecule has 0 unspecified atom stereocenters. The van der Waals surface area contributed by atoms with E-state index in [1.165, 1.54) is 0 Å². The highest BCUT2D eigenvalue weighted by molar-refractivity contribution is 8.00. The topological polar surface area (TPSA) is 37.8 Å². The minimum atomic E-state index is 0.285. The molecule has 0 amide bonds. The second-order valence-corrected chi connectivity index (χ2v) is 6.49. The van der Waals surface area contributed by atoms with Crippen LogP contribution in [-0.2, 0) is 0 Å². The van der Waals surface area contributed by atoms with Gasteiger partial charge in [-0.3, -0.25) is 0 Å². The number of rotatable bonds is 6. The van der Waals surface area contributed by atoms with Crippen molar-refractivity contribution in [2.45, 2.75) is 31.4 Å². The van der Waals surface area contributed by atoms with Gasteiger partial charge in [-0.15, -0.1) is 11.3 Å². The molecule has 0 aromatic carbocycles. The molecule has 0 aliphatic rings. The average molecular weight is 281 g/mol. The van der Waals surface area contributed by atoms with E-state index in [2.05, 4.69) is 35.4 Å². The molecular formula is C13H19N3S2. The monoisotopic (exact) mass is 281 g/mol. The standard InChI is InChI=1S/C13H19N3S2/c1-4-13(5-2,17-3)9-15-12-14-8-10-6-7-18-11(10)16-12/h6-8H,4-5,9H2,1-3H3,(H,14,15,16). The molecule has 0 radical (unpaired) electrons. The first kappa shape index (κ1) is 13.6. The van der Waals surface area contributed by atoms with Crippen LogP contribution in [0.1, 0.15) is 26.7 Å². The number of thiophene rings is 1. The normalized spacial score (nSPS) is 11.9. The van der Waals surface area contributed by atoms with Crippen LogP contribution in [0.3, 0.4) is 0 Å². The fraction of sp³-hybridized carbons (Fsp3) is 0.538. The van der Waals surface area contributed by atoms with Crippen molar-refractivity contribution in [1.82, 2.24) is 9.97 Å². The SMILES string of the molecule is CCC(CC)(CNc1ncc2ccsc2n1)SC. The lowest BCUT2D eigenvalue weighted by Crippen LogP contribution is -2.32. The van der Waals surface area contributed by atoms with E-state index < -0.39 is 0 Å². The summed E-state index contributed by atoms with van der Waals surface area (Å²) in [6.45, 7) is 5.40. The molecule has 98 valence electrons. The van der Waals surface area contributed by atoms with Crippen molar-refractivity contribution < 1.29 is 0 Å². The Bertz CT molecular complexity index is 497. The number of nitrogens with zero attached hydrogens (tertiary/aromatic N) is 2. The highest BCUT2D eigenvalue weighted by atomic mass is 32.2. The van der Waals surface area contributed by atoms with Gasteiger partial charge in [0.2, 0.25) is 5.95 Å². The predicted octanol–water partition coefficient (Wildman–Crippen LogP) is 4.03. The zero-order valence-electron chi connectivity index (χ0n) is 11.1. The van der Waals surface area contributed by atoms with Gasteiger partial charge in [0.25, 0.3) is 0 Å². The molecule has 3 nitrogen and oxygen atoms in total. The van der Waals surface area contributed by atoms with Crippen LogP contribution in [-0.4, -0.2) is 27.5 Å². The zero-order valence-corrected chi connectivity index (χ0v) is 12.7. The van der Waals surface area contributed by atoms with E-state index >= 15 is 0 Å². The summed E-state index contributed by atoms with van der Waals surface area (Å²) >= 11 is 3.58. The minimum absolute atomic E-state index is 0.285. The Labute approximate surface area is 116 Å². The van der Waals surface area contributed by atoms with Gasteiger partial charge in [0.15, 0.2) is 0 Å². The van der Waals surface area contributed by atoms with E-state index in [4.69, 9.17) is 0 Å². The lowest BCUT2D eigenvalue weighted by atomic mass is 10.0. The van der Waals surface area contributed by atoms with Gasteiger partial charge in [-0.2, -0.15) is 11.8 Å². The van der Waals surface area contributed by atoms with Crippen LogP contribution in [0.4, 0.5) is 5.95 Å². The molecule has 0 spiro atoms. The summed E-state index contributed by atoms with van der Waals surface area (Å²) in [5.41, 5.74) is 0. The highest BCUT2D eigenvalue weighted by Crippen LogP contribution is 2.30. The molecule has 1 N–H and O–H groups in total. The van der Waals surface area contributed by atoms with Crippen molar-refractivity contribution in [1.29, 1.82) is 0 Å². The van der Waals surface area contributed by atoms with Crippen molar-refractivity contribution in [2.75, 3.05) is 18.1 Å². The second kappa shape index (κ2) is 5.89. The van der Waals surface area contributed by atoms with Crippen LogP contribution in [0, 0.1) is 0 Å². The highest BCUT2D eigenvalue weighted by Gasteiger charge is 2.24. The molecule has 0 aliphatic heterocycles. The maximum atomic E-state index is 4.53. The van der Waals surface area contributed by atoms with Gasteiger partial charge < -0.3 is 5.32 Å². The summed E-state index contributed by atoms with van der Waals surface area (Å²) in [7, 11) is 0. The molecule has 2 heterocycles. The smallest absolute Gasteiger partial charge is 0.224 e. The lowest BCUT2D eigenvalue weighted by molar-refractivity contribution is 0.573. The Morgan fingerprint density at radius 1 is 1.39 bits per heavy atom. The Morgan fingerprint density at radius 2 is 2.17 bits per heavy atom. The Morgan fingerprint density at radius 3 is 2.83 bits per heavy atom. The first-order chi connectivity index (χ1) is 8.73. The summed E-state index contributed by atoms with van der Waals surface area (Å²) in [5.74, 6) is 0.741. The predicted molar refractivity (Wildman–Crippen MR) is 82.7 cm³/mol. The first-order valence-electron chi connectivity index (χ1n) is 6.22. The van der Waals surface area contributed by atoms with Crippen LogP contribution < -0.4 is 5.32 Å². The van der Waals surface area contributed by atoms with Gasteiger partial charge in [-0.25, -0.2) is 9.97 Å². The van der Waals surface area contributed by atoms with Gasteiger partial charge in [0.1, 0.15) is 4.83 Å². The van der Waals surface area contributed by atoms with E-state index in [-0.39, 0.29) is 4.75 Å². The lowest BCUT2D eigenvalue weighted by Gasteiger charge is -2.29. The number of aromatic nitrogens is 2. The largest absolute Gasteiger partial charge is 0.353 e. The molecule has 5 heteroatoms. The van der Waals surface area contributed by atoms with Crippen LogP contribution in [0.5, 0.6) is 0 Å². The van der Waals surface area contributed by atoms with E-state index in [1.54, 1.807) is 11.3 Å². The van der Waals surface area contributed by atoms with Gasteiger partial charge in [0.05, 0.1) is 0 Å². The average Bonchev–Trinajstić information content (AvgIpc) is 2.88. The zero-order chi connectivity index (χ0) is 13.0. The Kier molecular flexibility index (Phi) is 4.45. The molecule has 0 atom stereocenters. The number of hydrogen-bond acceptors (Lipinski definition) is 5. The summed E-state index contributed by atoms with van der Waals surface area (Å²) in [6, 6.07) is 2.05. The first-order valence-corrected chi connectivity index (χ1v) is 8.32. The van der Waals surface area contributed by atoms with E-state index in [9.17, 15) is 0 Å². The molecule has 0 aliphatic carbocycles. The number of thioether (sulfide) groups is 1. The van der Waals surface area contributed by atoms with Gasteiger partial charge >= 0.3 is 0 Å². The van der Waals surface area contributed by atoms with Crippen LogP contribution in [0.15, 0.2) is 17.6 Å². The van der Waals surface area contributed by atoms with Crippen LogP contribution in [0.2, 0.25) is 0 Å². The minimum Gasteiger partial charge on any atom is -0.353 e. The number of hydrogen-bond donors (Lipinski definition) is 1. The maximum Gasteiger partial charge on any atom is 0.224 e. The number of anilines is 1. The summed E-state index contributed by atoms with van der Waals surface area (Å²) in [5, 5.41) is 6.55. The van der Waals surface area contributed by atoms with E-state index in [1.807, 2.05) is 29.4 Å². The van der Waals surface area contributed by atoms with Crippen molar-refractivity contribution >= 4 is 39.3 Å². The summed E-state index contributed by atoms with van der Waals surface area (Å²) < 4.78 is 0.285. The van der Waals surface area contributed by atoms with Crippen molar-refractivity contribution in [3.8, 4) is 0 Å². The van der Waals surface area contributed by atoms with Gasteiger partial charge in [0, 0.05) is 22.9 Å². The Hall–Kier alpha value is -0.810. The molecule has 2 aromatic heterocycles. The molecule has 18 heavy (non-hydrogen) atoms. The Balaban J connectivity index is 2.09. The molecule has 0 saturated heterocycles. The molecule has 0 saturated carbocycles. The maximum absolute atomic E-state index is 4.53. The fourth-order valence-corrected chi connectivity index (χ4v) is 3.48. The molecular weight excluding hydrogens is 262 g/mol. The van der Waals surface area contributed by atoms with Crippen molar-refractivity contribution in [2.24, 2.45) is 0 Å². The quantitative estimate of drug-likeness (QED) is 0.867. The van der Waals surface area contributed by atoms with Crippen LogP contribution >= 0.6 is 23.1 Å².